The molecule has 0 bridgehead atoms. The second-order valence-corrected chi connectivity index (χ2v) is 7.02. The van der Waals surface area contributed by atoms with Gasteiger partial charge in [-0.15, -0.1) is 0 Å². The first-order chi connectivity index (χ1) is 11.8. The summed E-state index contributed by atoms with van der Waals surface area (Å²) >= 11 is 1.73. The number of nitrogens with zero attached hydrogens (tertiary/aromatic N) is 2. The molecular weight excluding hydrogens is 316 g/mol. The van der Waals surface area contributed by atoms with Crippen molar-refractivity contribution in [2.75, 3.05) is 20.1 Å². The number of hydrogen-bond acceptors (Lipinski definition) is 3. The summed E-state index contributed by atoms with van der Waals surface area (Å²) in [5.74, 6) is 0.905. The molecule has 0 aliphatic carbocycles. The van der Waals surface area contributed by atoms with Gasteiger partial charge in [0.25, 0.3) is 0 Å². The van der Waals surface area contributed by atoms with E-state index in [-0.39, 0.29) is 0 Å². The Bertz CT molecular complexity index is 616. The summed E-state index contributed by atoms with van der Waals surface area (Å²) in [7, 11) is 1.84. The number of hydrogen-bond donors (Lipinski definition) is 2. The molecule has 2 aromatic rings. The molecule has 5 heteroatoms. The van der Waals surface area contributed by atoms with Crippen LogP contribution in [-0.2, 0) is 13.1 Å². The molecule has 0 radical (unpaired) electrons. The zero-order chi connectivity index (χ0) is 16.6. The van der Waals surface area contributed by atoms with Gasteiger partial charge in [0.2, 0.25) is 0 Å². The number of likely N-dealkylation sites (tertiary alicyclic amines) is 1. The van der Waals surface area contributed by atoms with E-state index in [4.69, 9.17) is 0 Å². The Kier molecular flexibility index (Phi) is 6.26. The van der Waals surface area contributed by atoms with Gasteiger partial charge in [0.05, 0.1) is 0 Å². The number of benzene rings is 1. The number of rotatable bonds is 5. The second-order valence-electron chi connectivity index (χ2n) is 6.24. The predicted octanol–water partition coefficient (Wildman–Crippen LogP) is 3.08. The van der Waals surface area contributed by atoms with Gasteiger partial charge in [-0.1, -0.05) is 30.3 Å². The van der Waals surface area contributed by atoms with E-state index in [1.807, 2.05) is 7.05 Å². The number of piperidine rings is 1. The number of thiophene rings is 1. The minimum absolute atomic E-state index is 0.505. The quantitative estimate of drug-likeness (QED) is 0.648. The first kappa shape index (κ1) is 17.0. The van der Waals surface area contributed by atoms with Crippen LogP contribution in [0.2, 0.25) is 0 Å². The highest BCUT2D eigenvalue weighted by Gasteiger charge is 2.19. The number of guanidine groups is 1. The standard InChI is InChI=1S/C19H26N4S/c1-20-19(21-13-17-9-12-24-15-17)22-18-7-10-23(11-8-18)14-16-5-3-2-4-6-16/h2-6,9,12,15,18H,7-8,10-11,13-14H2,1H3,(H2,20,21,22). The maximum Gasteiger partial charge on any atom is 0.191 e. The Morgan fingerprint density at radius 1 is 1.17 bits per heavy atom. The van der Waals surface area contributed by atoms with Crippen molar-refractivity contribution in [2.24, 2.45) is 4.99 Å². The van der Waals surface area contributed by atoms with Crippen molar-refractivity contribution in [1.82, 2.24) is 15.5 Å². The van der Waals surface area contributed by atoms with Crippen molar-refractivity contribution in [3.05, 3.63) is 58.3 Å². The molecule has 1 aliphatic heterocycles. The lowest BCUT2D eigenvalue weighted by molar-refractivity contribution is 0.198. The third-order valence-corrected chi connectivity index (χ3v) is 5.17. The highest BCUT2D eigenvalue weighted by Crippen LogP contribution is 2.14. The molecule has 24 heavy (non-hydrogen) atoms. The maximum atomic E-state index is 4.35. The van der Waals surface area contributed by atoms with Gasteiger partial charge in [-0.2, -0.15) is 11.3 Å². The van der Waals surface area contributed by atoms with Crippen molar-refractivity contribution in [3.63, 3.8) is 0 Å². The van der Waals surface area contributed by atoms with Crippen LogP contribution >= 0.6 is 11.3 Å². The van der Waals surface area contributed by atoms with E-state index >= 15 is 0 Å². The Morgan fingerprint density at radius 3 is 2.62 bits per heavy atom. The Morgan fingerprint density at radius 2 is 1.96 bits per heavy atom. The SMILES string of the molecule is CN=C(NCc1ccsc1)NC1CCN(Cc2ccccc2)CC1. The molecule has 0 saturated carbocycles. The van der Waals surface area contributed by atoms with Gasteiger partial charge in [0, 0.05) is 39.3 Å². The molecule has 1 fully saturated rings. The Hall–Kier alpha value is -1.85. The smallest absolute Gasteiger partial charge is 0.191 e. The number of aliphatic imine (C=N–C) groups is 1. The summed E-state index contributed by atoms with van der Waals surface area (Å²) < 4.78 is 0. The molecule has 1 aromatic heterocycles. The fourth-order valence-electron chi connectivity index (χ4n) is 3.04. The predicted molar refractivity (Wildman–Crippen MR) is 102 cm³/mol. The lowest BCUT2D eigenvalue weighted by Gasteiger charge is -2.33. The number of nitrogens with one attached hydrogen (secondary N) is 2. The van der Waals surface area contributed by atoms with Gasteiger partial charge in [-0.25, -0.2) is 0 Å². The summed E-state index contributed by atoms with van der Waals surface area (Å²) in [6, 6.07) is 13.4. The highest BCUT2D eigenvalue weighted by molar-refractivity contribution is 7.07. The molecular formula is C19H26N4S. The Balaban J connectivity index is 1.41. The van der Waals surface area contributed by atoms with E-state index in [2.05, 4.69) is 67.7 Å². The summed E-state index contributed by atoms with van der Waals surface area (Å²) in [5, 5.41) is 11.2. The molecule has 0 unspecified atom stereocenters. The van der Waals surface area contributed by atoms with E-state index in [1.165, 1.54) is 11.1 Å². The van der Waals surface area contributed by atoms with Crippen molar-refractivity contribution >= 4 is 17.3 Å². The van der Waals surface area contributed by atoms with Crippen molar-refractivity contribution < 1.29 is 0 Å². The average Bonchev–Trinajstić information content (AvgIpc) is 3.14. The molecule has 4 nitrogen and oxygen atoms in total. The van der Waals surface area contributed by atoms with E-state index in [9.17, 15) is 0 Å². The first-order valence-corrected chi connectivity index (χ1v) is 9.52. The lowest BCUT2D eigenvalue weighted by Crippen LogP contribution is -2.48. The summed E-state index contributed by atoms with van der Waals surface area (Å²) in [6.45, 7) is 4.15. The molecule has 2 heterocycles. The van der Waals surface area contributed by atoms with Gasteiger partial charge in [-0.3, -0.25) is 9.89 Å². The third-order valence-electron chi connectivity index (χ3n) is 4.44. The highest BCUT2D eigenvalue weighted by atomic mass is 32.1. The van der Waals surface area contributed by atoms with Crippen molar-refractivity contribution in [1.29, 1.82) is 0 Å². The van der Waals surface area contributed by atoms with Gasteiger partial charge in [0.15, 0.2) is 5.96 Å². The van der Waals surface area contributed by atoms with Crippen molar-refractivity contribution in [2.45, 2.75) is 32.0 Å². The van der Waals surface area contributed by atoms with Crippen LogP contribution in [0.1, 0.15) is 24.0 Å². The van der Waals surface area contributed by atoms with E-state index in [0.717, 1.165) is 45.0 Å². The molecule has 2 N–H and O–H groups in total. The zero-order valence-electron chi connectivity index (χ0n) is 14.2. The van der Waals surface area contributed by atoms with Crippen LogP contribution < -0.4 is 10.6 Å². The van der Waals surface area contributed by atoms with Gasteiger partial charge >= 0.3 is 0 Å². The normalized spacial score (nSPS) is 17.0. The third kappa shape index (κ3) is 5.08. The molecule has 128 valence electrons. The zero-order valence-corrected chi connectivity index (χ0v) is 15.1. The lowest BCUT2D eigenvalue weighted by atomic mass is 10.0. The van der Waals surface area contributed by atoms with Crippen molar-refractivity contribution in [3.8, 4) is 0 Å². The minimum atomic E-state index is 0.505. The second kappa shape index (κ2) is 8.85. The van der Waals surface area contributed by atoms with Gasteiger partial charge in [0.1, 0.15) is 0 Å². The first-order valence-electron chi connectivity index (χ1n) is 8.58. The largest absolute Gasteiger partial charge is 0.354 e. The van der Waals surface area contributed by atoms with Crippen LogP contribution in [0, 0.1) is 0 Å². The van der Waals surface area contributed by atoms with Crippen LogP contribution in [0.5, 0.6) is 0 Å². The van der Waals surface area contributed by atoms with Gasteiger partial charge in [-0.05, 0) is 40.8 Å². The average molecular weight is 343 g/mol. The molecule has 1 saturated heterocycles. The molecule has 0 atom stereocenters. The summed E-state index contributed by atoms with van der Waals surface area (Å²) in [5.41, 5.74) is 2.71. The molecule has 0 amide bonds. The molecule has 1 aromatic carbocycles. The topological polar surface area (TPSA) is 39.7 Å². The minimum Gasteiger partial charge on any atom is -0.354 e. The van der Waals surface area contributed by atoms with E-state index in [1.54, 1.807) is 11.3 Å². The van der Waals surface area contributed by atoms with Crippen LogP contribution in [0.15, 0.2) is 52.2 Å². The monoisotopic (exact) mass is 342 g/mol. The van der Waals surface area contributed by atoms with Gasteiger partial charge < -0.3 is 10.6 Å². The van der Waals surface area contributed by atoms with E-state index in [0.29, 0.717) is 6.04 Å². The summed E-state index contributed by atoms with van der Waals surface area (Å²) in [6.07, 6.45) is 2.32. The fourth-order valence-corrected chi connectivity index (χ4v) is 3.71. The van der Waals surface area contributed by atoms with Crippen LogP contribution in [0.25, 0.3) is 0 Å². The van der Waals surface area contributed by atoms with E-state index < -0.39 is 0 Å². The summed E-state index contributed by atoms with van der Waals surface area (Å²) in [4.78, 5) is 6.89. The van der Waals surface area contributed by atoms with Crippen LogP contribution in [0.4, 0.5) is 0 Å². The molecule has 0 spiro atoms. The molecule has 3 rings (SSSR count). The fraction of sp³-hybridized carbons (Fsp3) is 0.421. The Labute approximate surface area is 148 Å². The molecule has 1 aliphatic rings. The van der Waals surface area contributed by atoms with Crippen LogP contribution in [-0.4, -0.2) is 37.0 Å². The maximum absolute atomic E-state index is 4.35. The van der Waals surface area contributed by atoms with Crippen LogP contribution in [0.3, 0.4) is 0 Å².